The van der Waals surface area contributed by atoms with Crippen LogP contribution in [0.4, 0.5) is 0 Å². The summed E-state index contributed by atoms with van der Waals surface area (Å²) in [4.78, 5) is 31.8. The number of allylic oxidation sites excluding steroid dienone is 1. The number of fused-ring (bicyclic) bond motifs is 1. The average Bonchev–Trinajstić information content (AvgIpc) is 3.51. The van der Waals surface area contributed by atoms with Crippen LogP contribution in [0.15, 0.2) is 90.3 Å². The summed E-state index contributed by atoms with van der Waals surface area (Å²) in [5, 5.41) is 12.0. The zero-order valence-corrected chi connectivity index (χ0v) is 22.5. The van der Waals surface area contributed by atoms with Crippen LogP contribution in [0.1, 0.15) is 22.7 Å². The number of aliphatic hydroxyl groups excluding tert-OH is 1. The van der Waals surface area contributed by atoms with E-state index in [1.807, 2.05) is 54.7 Å². The van der Waals surface area contributed by atoms with Crippen molar-refractivity contribution in [1.29, 1.82) is 0 Å². The van der Waals surface area contributed by atoms with Crippen molar-refractivity contribution in [1.82, 2.24) is 9.88 Å². The van der Waals surface area contributed by atoms with Crippen LogP contribution < -0.4 is 14.2 Å². The lowest BCUT2D eigenvalue weighted by Gasteiger charge is -2.28. The van der Waals surface area contributed by atoms with E-state index in [1.54, 1.807) is 38.5 Å². The van der Waals surface area contributed by atoms with E-state index in [1.165, 1.54) is 18.1 Å². The standard InChI is InChI=1S/C32H30N2O6/c1-38-22-11-13-26-25(17-22)21(19-33-26)15-16-34-30(24-12-10-23(39-2)18-28(24)40-3)29(31(36)32(34)37)27(35)14-9-20-7-5-4-6-8-20/h4-14,17-19,30,33,36H,15-16H2,1-3H3/b14-9+/t30-/m0/s1. The van der Waals surface area contributed by atoms with Crippen LogP contribution in [0.5, 0.6) is 17.2 Å². The molecular formula is C32H30N2O6. The van der Waals surface area contributed by atoms with Gasteiger partial charge in [-0.15, -0.1) is 0 Å². The van der Waals surface area contributed by atoms with Crippen LogP contribution in [-0.4, -0.2) is 54.6 Å². The number of methoxy groups -OCH3 is 3. The quantitative estimate of drug-likeness (QED) is 0.262. The van der Waals surface area contributed by atoms with Crippen LogP contribution in [-0.2, 0) is 16.0 Å². The van der Waals surface area contributed by atoms with Crippen LogP contribution in [0.2, 0.25) is 0 Å². The maximum Gasteiger partial charge on any atom is 0.290 e. The molecule has 0 saturated carbocycles. The Labute approximate surface area is 232 Å². The number of amides is 1. The van der Waals surface area contributed by atoms with Crippen LogP contribution in [0, 0.1) is 0 Å². The number of H-pyrrole nitrogens is 1. The summed E-state index contributed by atoms with van der Waals surface area (Å²) < 4.78 is 16.4. The number of aromatic amines is 1. The predicted molar refractivity (Wildman–Crippen MR) is 153 cm³/mol. The van der Waals surface area contributed by atoms with E-state index in [4.69, 9.17) is 14.2 Å². The molecule has 3 aromatic carbocycles. The highest BCUT2D eigenvalue weighted by molar-refractivity contribution is 6.14. The zero-order valence-electron chi connectivity index (χ0n) is 22.5. The summed E-state index contributed by atoms with van der Waals surface area (Å²) in [6.45, 7) is 0.242. The largest absolute Gasteiger partial charge is 0.503 e. The van der Waals surface area contributed by atoms with Gasteiger partial charge in [0.2, 0.25) is 0 Å². The Kier molecular flexibility index (Phi) is 7.59. The zero-order chi connectivity index (χ0) is 28.2. The summed E-state index contributed by atoms with van der Waals surface area (Å²) in [6, 6.07) is 19.4. The van der Waals surface area contributed by atoms with Crippen molar-refractivity contribution in [2.75, 3.05) is 27.9 Å². The molecule has 4 aromatic rings. The second kappa shape index (κ2) is 11.4. The van der Waals surface area contributed by atoms with E-state index >= 15 is 0 Å². The first kappa shape index (κ1) is 26.6. The summed E-state index contributed by atoms with van der Waals surface area (Å²) in [5.74, 6) is 0.0870. The molecule has 0 spiro atoms. The number of ketones is 1. The van der Waals surface area contributed by atoms with E-state index in [0.29, 0.717) is 23.5 Å². The van der Waals surface area contributed by atoms with Crippen LogP contribution in [0.3, 0.4) is 0 Å². The number of carbonyl (C=O) groups is 2. The highest BCUT2D eigenvalue weighted by Gasteiger charge is 2.44. The SMILES string of the molecule is COc1ccc([C@H]2C(C(=O)/C=C/c3ccccc3)=C(O)C(=O)N2CCc2c[nH]c3ccc(OC)cc23)c(OC)c1. The smallest absolute Gasteiger partial charge is 0.290 e. The lowest BCUT2D eigenvalue weighted by molar-refractivity contribution is -0.129. The Morgan fingerprint density at radius 1 is 0.975 bits per heavy atom. The van der Waals surface area contributed by atoms with Crippen LogP contribution in [0.25, 0.3) is 17.0 Å². The van der Waals surface area contributed by atoms with Gasteiger partial charge < -0.3 is 29.2 Å². The lowest BCUT2D eigenvalue weighted by atomic mass is 9.94. The van der Waals surface area contributed by atoms with Gasteiger partial charge in [0.05, 0.1) is 32.9 Å². The molecule has 1 aliphatic heterocycles. The minimum absolute atomic E-state index is 0.00115. The lowest BCUT2D eigenvalue weighted by Crippen LogP contribution is -2.33. The van der Waals surface area contributed by atoms with Gasteiger partial charge in [-0.25, -0.2) is 0 Å². The Hall–Kier alpha value is -4.98. The topological polar surface area (TPSA) is 101 Å². The molecule has 8 heteroatoms. The Balaban J connectivity index is 1.52. The number of hydrogen-bond acceptors (Lipinski definition) is 6. The van der Waals surface area contributed by atoms with E-state index in [9.17, 15) is 14.7 Å². The minimum Gasteiger partial charge on any atom is -0.503 e. The molecule has 5 rings (SSSR count). The highest BCUT2D eigenvalue weighted by atomic mass is 16.5. The molecule has 2 heterocycles. The van der Waals surface area contributed by atoms with Gasteiger partial charge in [0.15, 0.2) is 11.5 Å². The van der Waals surface area contributed by atoms with Crippen molar-refractivity contribution in [3.8, 4) is 17.2 Å². The first-order chi connectivity index (χ1) is 19.4. The van der Waals surface area contributed by atoms with Crippen molar-refractivity contribution >= 4 is 28.7 Å². The van der Waals surface area contributed by atoms with Gasteiger partial charge >= 0.3 is 0 Å². The molecular weight excluding hydrogens is 508 g/mol. The van der Waals surface area contributed by atoms with Gasteiger partial charge in [-0.1, -0.05) is 36.4 Å². The molecule has 1 atom stereocenters. The molecule has 204 valence electrons. The summed E-state index contributed by atoms with van der Waals surface area (Å²) in [5.41, 5.74) is 3.31. The van der Waals surface area contributed by atoms with E-state index in [2.05, 4.69) is 4.98 Å². The summed E-state index contributed by atoms with van der Waals surface area (Å²) >= 11 is 0. The van der Waals surface area contributed by atoms with E-state index in [-0.39, 0.29) is 12.1 Å². The van der Waals surface area contributed by atoms with Crippen LogP contribution >= 0.6 is 0 Å². The summed E-state index contributed by atoms with van der Waals surface area (Å²) in [7, 11) is 4.67. The second-order valence-corrected chi connectivity index (χ2v) is 9.35. The maximum atomic E-state index is 13.5. The minimum atomic E-state index is -0.860. The fourth-order valence-electron chi connectivity index (χ4n) is 5.06. The molecule has 2 N–H and O–H groups in total. The number of benzene rings is 3. The Morgan fingerprint density at radius 2 is 1.70 bits per heavy atom. The van der Waals surface area contributed by atoms with Crippen molar-refractivity contribution in [2.45, 2.75) is 12.5 Å². The highest BCUT2D eigenvalue weighted by Crippen LogP contribution is 2.43. The first-order valence-electron chi connectivity index (χ1n) is 12.8. The number of aromatic nitrogens is 1. The number of hydrogen-bond donors (Lipinski definition) is 2. The number of aliphatic hydroxyl groups is 1. The second-order valence-electron chi connectivity index (χ2n) is 9.35. The molecule has 0 unspecified atom stereocenters. The molecule has 0 aliphatic carbocycles. The molecule has 40 heavy (non-hydrogen) atoms. The fraction of sp³-hybridized carbons (Fsp3) is 0.188. The van der Waals surface area contributed by atoms with Crippen molar-refractivity contribution in [2.24, 2.45) is 0 Å². The Morgan fingerprint density at radius 3 is 2.42 bits per heavy atom. The number of nitrogens with one attached hydrogen (secondary N) is 1. The number of rotatable bonds is 10. The van der Waals surface area contributed by atoms with Gasteiger partial charge in [-0.2, -0.15) is 0 Å². The van der Waals surface area contributed by atoms with Gasteiger partial charge in [0.25, 0.3) is 5.91 Å². The third kappa shape index (κ3) is 5.03. The molecule has 1 aliphatic rings. The van der Waals surface area contributed by atoms with Crippen molar-refractivity contribution < 1.29 is 28.9 Å². The normalized spacial score (nSPS) is 15.3. The van der Waals surface area contributed by atoms with E-state index < -0.39 is 23.5 Å². The van der Waals surface area contributed by atoms with Gasteiger partial charge in [0.1, 0.15) is 17.2 Å². The third-order valence-electron chi connectivity index (χ3n) is 7.13. The molecule has 1 amide bonds. The van der Waals surface area contributed by atoms with Gasteiger partial charge in [-0.3, -0.25) is 9.59 Å². The molecule has 8 nitrogen and oxygen atoms in total. The molecule has 1 aromatic heterocycles. The van der Waals surface area contributed by atoms with E-state index in [0.717, 1.165) is 27.8 Å². The van der Waals surface area contributed by atoms with Gasteiger partial charge in [0, 0.05) is 35.3 Å². The summed E-state index contributed by atoms with van der Waals surface area (Å²) in [6.07, 6.45) is 5.42. The monoisotopic (exact) mass is 538 g/mol. The molecule has 0 fully saturated rings. The predicted octanol–water partition coefficient (Wildman–Crippen LogP) is 5.41. The fourth-order valence-corrected chi connectivity index (χ4v) is 5.06. The molecule has 0 radical (unpaired) electrons. The Bertz CT molecular complexity index is 1620. The number of nitrogens with zero attached hydrogens (tertiary/aromatic N) is 1. The number of ether oxygens (including phenoxy) is 3. The first-order valence-corrected chi connectivity index (χ1v) is 12.8. The molecule has 0 bridgehead atoms. The molecule has 0 saturated heterocycles. The van der Waals surface area contributed by atoms with Crippen molar-refractivity contribution in [3.63, 3.8) is 0 Å². The third-order valence-corrected chi connectivity index (χ3v) is 7.13. The van der Waals surface area contributed by atoms with Crippen molar-refractivity contribution in [3.05, 3.63) is 107 Å². The number of carbonyl (C=O) groups excluding carboxylic acids is 2. The maximum absolute atomic E-state index is 13.5. The average molecular weight is 539 g/mol. The van der Waals surface area contributed by atoms with Gasteiger partial charge in [-0.05, 0) is 54.0 Å².